The van der Waals surface area contributed by atoms with Crippen LogP contribution < -0.4 is 15.5 Å². The molecule has 7 heteroatoms. The number of nitrogens with one attached hydrogen (secondary N) is 3. The number of benzene rings is 1. The molecule has 0 saturated carbocycles. The van der Waals surface area contributed by atoms with Gasteiger partial charge >= 0.3 is 0 Å². The molecule has 0 fully saturated rings. The zero-order valence-electron chi connectivity index (χ0n) is 15.7. The first-order chi connectivity index (χ1) is 12.3. The summed E-state index contributed by atoms with van der Waals surface area (Å²) in [5.74, 6) is 1.31. The number of carbonyl (C=O) groups excluding carboxylic acids is 1. The maximum atomic E-state index is 11.5. The lowest BCUT2D eigenvalue weighted by Gasteiger charge is -2.16. The first-order valence-corrected chi connectivity index (χ1v) is 8.59. The molecule has 7 nitrogen and oxygen atoms in total. The van der Waals surface area contributed by atoms with Crippen molar-refractivity contribution in [3.8, 4) is 0 Å². The molecule has 2 aromatic heterocycles. The highest BCUT2D eigenvalue weighted by Crippen LogP contribution is 2.27. The van der Waals surface area contributed by atoms with E-state index in [1.54, 1.807) is 11.9 Å². The van der Waals surface area contributed by atoms with E-state index in [4.69, 9.17) is 0 Å². The van der Waals surface area contributed by atoms with Crippen molar-refractivity contribution in [2.24, 2.45) is 0 Å². The van der Waals surface area contributed by atoms with Gasteiger partial charge in [0.1, 0.15) is 11.5 Å². The van der Waals surface area contributed by atoms with Gasteiger partial charge in [0.25, 0.3) is 0 Å². The molecule has 1 aromatic carbocycles. The Hall–Kier alpha value is -3.09. The number of hydrogen-bond donors (Lipinski definition) is 3. The number of rotatable bonds is 5. The Morgan fingerprint density at radius 2 is 1.88 bits per heavy atom. The summed E-state index contributed by atoms with van der Waals surface area (Å²) in [5.41, 5.74) is 3.58. The van der Waals surface area contributed by atoms with Gasteiger partial charge in [-0.3, -0.25) is 4.79 Å². The lowest BCUT2D eigenvalue weighted by Crippen LogP contribution is -2.22. The smallest absolute Gasteiger partial charge is 0.231 e. The van der Waals surface area contributed by atoms with Crippen LogP contribution in [0.5, 0.6) is 0 Å². The van der Waals surface area contributed by atoms with Crippen molar-refractivity contribution < 1.29 is 4.79 Å². The fourth-order valence-electron chi connectivity index (χ4n) is 2.70. The lowest BCUT2D eigenvalue weighted by atomic mass is 10.2. The molecule has 0 atom stereocenters. The maximum Gasteiger partial charge on any atom is 0.231 e. The number of aryl methyl sites for hydroxylation is 1. The summed E-state index contributed by atoms with van der Waals surface area (Å²) in [6, 6.07) is 7.83. The number of aromatic amines is 1. The van der Waals surface area contributed by atoms with Gasteiger partial charge in [-0.1, -0.05) is 0 Å². The normalized spacial score (nSPS) is 11.0. The van der Waals surface area contributed by atoms with Crippen LogP contribution in [0.1, 0.15) is 26.3 Å². The largest absolute Gasteiger partial charge is 0.367 e. The molecular formula is C19H24N6O. The Kier molecular flexibility index (Phi) is 4.79. The van der Waals surface area contributed by atoms with Crippen molar-refractivity contribution in [3.05, 3.63) is 36.0 Å². The second-order valence-electron chi connectivity index (χ2n) is 6.64. The predicted octanol–water partition coefficient (Wildman–Crippen LogP) is 3.81. The standard InChI is InChI=1S/C19H24N6O/c1-11(2)21-18-16-12(3)10-20-17(16)23-19(24-18)22-14-6-8-15(9-7-14)25(5)13(4)26/h6-11H,1-5H3,(H3,20,21,22,23,24). The number of nitrogens with zero attached hydrogens (tertiary/aromatic N) is 3. The van der Waals surface area contributed by atoms with Gasteiger partial charge in [-0.05, 0) is 50.6 Å². The predicted molar refractivity (Wildman–Crippen MR) is 106 cm³/mol. The van der Waals surface area contributed by atoms with Crippen LogP contribution in [0.2, 0.25) is 0 Å². The Balaban J connectivity index is 1.90. The van der Waals surface area contributed by atoms with Crippen molar-refractivity contribution in [2.45, 2.75) is 33.7 Å². The molecule has 26 heavy (non-hydrogen) atoms. The minimum atomic E-state index is -0.00832. The SMILES string of the molecule is CC(=O)N(C)c1ccc(Nc2nc(NC(C)C)c3c(C)c[nH]c3n2)cc1. The molecule has 0 saturated heterocycles. The quantitative estimate of drug-likeness (QED) is 0.650. The van der Waals surface area contributed by atoms with Gasteiger partial charge in [-0.2, -0.15) is 9.97 Å². The average Bonchev–Trinajstić information content (AvgIpc) is 2.95. The van der Waals surface area contributed by atoms with Crippen LogP contribution >= 0.6 is 0 Å². The number of H-pyrrole nitrogens is 1. The summed E-state index contributed by atoms with van der Waals surface area (Å²) in [6.45, 7) is 7.72. The van der Waals surface area contributed by atoms with Crippen molar-refractivity contribution in [1.29, 1.82) is 0 Å². The van der Waals surface area contributed by atoms with Gasteiger partial charge in [-0.25, -0.2) is 0 Å². The molecular weight excluding hydrogens is 328 g/mol. The number of carbonyl (C=O) groups is 1. The van der Waals surface area contributed by atoms with Gasteiger partial charge < -0.3 is 20.5 Å². The van der Waals surface area contributed by atoms with E-state index in [2.05, 4.69) is 39.4 Å². The summed E-state index contributed by atoms with van der Waals surface area (Å²) in [6.07, 6.45) is 1.93. The summed E-state index contributed by atoms with van der Waals surface area (Å²) >= 11 is 0. The molecule has 1 amide bonds. The maximum absolute atomic E-state index is 11.5. The minimum absolute atomic E-state index is 0.00832. The number of fused-ring (bicyclic) bond motifs is 1. The molecule has 3 N–H and O–H groups in total. The van der Waals surface area contributed by atoms with E-state index in [0.29, 0.717) is 5.95 Å². The third-order valence-corrected chi connectivity index (χ3v) is 4.14. The Bertz CT molecular complexity index is 929. The van der Waals surface area contributed by atoms with Crippen LogP contribution in [0.4, 0.5) is 23.1 Å². The van der Waals surface area contributed by atoms with Crippen LogP contribution in [0.3, 0.4) is 0 Å². The highest BCUT2D eigenvalue weighted by atomic mass is 16.2. The fourth-order valence-corrected chi connectivity index (χ4v) is 2.70. The van der Waals surface area contributed by atoms with E-state index in [1.807, 2.05) is 37.4 Å². The summed E-state index contributed by atoms with van der Waals surface area (Å²) < 4.78 is 0. The zero-order valence-corrected chi connectivity index (χ0v) is 15.7. The Morgan fingerprint density at radius 3 is 2.50 bits per heavy atom. The van der Waals surface area contributed by atoms with Gasteiger partial charge in [0.05, 0.1) is 5.39 Å². The lowest BCUT2D eigenvalue weighted by molar-refractivity contribution is -0.116. The number of hydrogen-bond acceptors (Lipinski definition) is 5. The third kappa shape index (κ3) is 3.61. The van der Waals surface area contributed by atoms with Gasteiger partial charge in [-0.15, -0.1) is 0 Å². The van der Waals surface area contributed by atoms with E-state index in [1.165, 1.54) is 6.92 Å². The van der Waals surface area contributed by atoms with E-state index in [9.17, 15) is 4.79 Å². The van der Waals surface area contributed by atoms with Crippen LogP contribution in [0, 0.1) is 6.92 Å². The first kappa shape index (κ1) is 17.7. The molecule has 2 heterocycles. The van der Waals surface area contributed by atoms with Crippen LogP contribution in [0.15, 0.2) is 30.5 Å². The van der Waals surface area contributed by atoms with Crippen molar-refractivity contribution in [3.63, 3.8) is 0 Å². The van der Waals surface area contributed by atoms with E-state index < -0.39 is 0 Å². The zero-order chi connectivity index (χ0) is 18.8. The van der Waals surface area contributed by atoms with Crippen molar-refractivity contribution >= 4 is 40.1 Å². The number of amides is 1. The van der Waals surface area contributed by atoms with Crippen LogP contribution in [-0.2, 0) is 4.79 Å². The van der Waals surface area contributed by atoms with Crippen molar-refractivity contribution in [2.75, 3.05) is 22.6 Å². The average molecular weight is 352 g/mol. The molecule has 0 spiro atoms. The molecule has 0 bridgehead atoms. The molecule has 0 aliphatic carbocycles. The Morgan fingerprint density at radius 1 is 1.19 bits per heavy atom. The van der Waals surface area contributed by atoms with Gasteiger partial charge in [0.15, 0.2) is 0 Å². The molecule has 136 valence electrons. The van der Waals surface area contributed by atoms with E-state index >= 15 is 0 Å². The fraction of sp³-hybridized carbons (Fsp3) is 0.316. The monoisotopic (exact) mass is 352 g/mol. The van der Waals surface area contributed by atoms with Crippen LogP contribution in [-0.4, -0.2) is 33.9 Å². The molecule has 0 aliphatic rings. The van der Waals surface area contributed by atoms with Crippen LogP contribution in [0.25, 0.3) is 11.0 Å². The minimum Gasteiger partial charge on any atom is -0.367 e. The summed E-state index contributed by atoms with van der Waals surface area (Å²) in [4.78, 5) is 25.4. The summed E-state index contributed by atoms with van der Waals surface area (Å²) in [7, 11) is 1.75. The first-order valence-electron chi connectivity index (χ1n) is 8.59. The topological polar surface area (TPSA) is 85.9 Å². The Labute approximate surface area is 152 Å². The number of anilines is 4. The second kappa shape index (κ2) is 7.03. The highest BCUT2D eigenvalue weighted by Gasteiger charge is 2.13. The molecule has 3 rings (SSSR count). The van der Waals surface area contributed by atoms with Gasteiger partial charge in [0, 0.05) is 37.6 Å². The molecule has 3 aromatic rings. The third-order valence-electron chi connectivity index (χ3n) is 4.14. The summed E-state index contributed by atoms with van der Waals surface area (Å²) in [5, 5.41) is 7.61. The molecule has 0 radical (unpaired) electrons. The number of aromatic nitrogens is 3. The highest BCUT2D eigenvalue weighted by molar-refractivity contribution is 5.92. The van der Waals surface area contributed by atoms with E-state index in [-0.39, 0.29) is 11.9 Å². The van der Waals surface area contributed by atoms with Crippen molar-refractivity contribution in [1.82, 2.24) is 15.0 Å². The molecule has 0 unspecified atom stereocenters. The van der Waals surface area contributed by atoms with Gasteiger partial charge in [0.2, 0.25) is 11.9 Å². The molecule has 0 aliphatic heterocycles. The van der Waals surface area contributed by atoms with E-state index in [0.717, 1.165) is 33.8 Å². The second-order valence-corrected chi connectivity index (χ2v) is 6.64.